The van der Waals surface area contributed by atoms with Crippen LogP contribution in [0.25, 0.3) is 0 Å². The van der Waals surface area contributed by atoms with Gasteiger partial charge in [-0.1, -0.05) is 18.2 Å². The maximum absolute atomic E-state index is 10.5. The van der Waals surface area contributed by atoms with E-state index in [4.69, 9.17) is 10.7 Å². The SMILES string of the molecule is O=S(=O)(Cl)Sc1ccccc1. The molecule has 60 valence electrons. The summed E-state index contributed by atoms with van der Waals surface area (Å²) in [7, 11) is 2.15. The molecule has 5 heteroatoms. The Morgan fingerprint density at radius 2 is 1.73 bits per heavy atom. The molecule has 1 rings (SSSR count). The lowest BCUT2D eigenvalue weighted by Gasteiger charge is -1.93. The van der Waals surface area contributed by atoms with Gasteiger partial charge in [0, 0.05) is 26.4 Å². The monoisotopic (exact) mass is 208 g/mol. The first kappa shape index (κ1) is 8.90. The van der Waals surface area contributed by atoms with Crippen LogP contribution in [0.15, 0.2) is 35.2 Å². The van der Waals surface area contributed by atoms with Crippen molar-refractivity contribution in [3.05, 3.63) is 30.3 Å². The van der Waals surface area contributed by atoms with E-state index in [9.17, 15) is 8.42 Å². The molecule has 0 N–H and O–H groups in total. The van der Waals surface area contributed by atoms with Crippen molar-refractivity contribution in [3.63, 3.8) is 0 Å². The van der Waals surface area contributed by atoms with Crippen molar-refractivity contribution in [1.82, 2.24) is 0 Å². The van der Waals surface area contributed by atoms with E-state index in [-0.39, 0.29) is 0 Å². The Bertz CT molecular complexity index is 320. The zero-order chi connectivity index (χ0) is 8.32. The number of hydrogen-bond donors (Lipinski definition) is 0. The highest BCUT2D eigenvalue weighted by Crippen LogP contribution is 2.26. The minimum atomic E-state index is -3.49. The van der Waals surface area contributed by atoms with Crippen molar-refractivity contribution in [2.24, 2.45) is 0 Å². The second-order valence-corrected chi connectivity index (χ2v) is 6.80. The van der Waals surface area contributed by atoms with E-state index in [2.05, 4.69) is 0 Å². The molecular formula is C6H5ClO2S2. The van der Waals surface area contributed by atoms with Crippen LogP contribution in [-0.4, -0.2) is 8.42 Å². The molecule has 0 spiro atoms. The van der Waals surface area contributed by atoms with E-state index in [1.54, 1.807) is 24.3 Å². The van der Waals surface area contributed by atoms with Gasteiger partial charge in [0.15, 0.2) is 0 Å². The van der Waals surface area contributed by atoms with Crippen LogP contribution in [0.1, 0.15) is 0 Å². The Hall–Kier alpha value is -0.190. The van der Waals surface area contributed by atoms with Gasteiger partial charge in [-0.2, -0.15) is 0 Å². The topological polar surface area (TPSA) is 34.1 Å². The van der Waals surface area contributed by atoms with Crippen LogP contribution < -0.4 is 0 Å². The van der Waals surface area contributed by atoms with Gasteiger partial charge >= 0.3 is 0 Å². The predicted molar refractivity (Wildman–Crippen MR) is 47.1 cm³/mol. The fourth-order valence-corrected chi connectivity index (χ4v) is 2.77. The number of rotatable bonds is 2. The third kappa shape index (κ3) is 3.65. The third-order valence-corrected chi connectivity index (χ3v) is 3.34. The van der Waals surface area contributed by atoms with Crippen molar-refractivity contribution < 1.29 is 8.42 Å². The van der Waals surface area contributed by atoms with E-state index in [1.807, 2.05) is 6.07 Å². The standard InChI is InChI=1S/C6H5ClO2S2/c7-11(8,9)10-6-4-2-1-3-5-6/h1-5H. The fraction of sp³-hybridized carbons (Fsp3) is 0. The Morgan fingerprint density at radius 1 is 1.18 bits per heavy atom. The maximum atomic E-state index is 10.5. The zero-order valence-corrected chi connectivity index (χ0v) is 7.79. The van der Waals surface area contributed by atoms with E-state index in [0.29, 0.717) is 15.7 Å². The van der Waals surface area contributed by atoms with Gasteiger partial charge in [-0.15, -0.1) is 0 Å². The molecule has 0 heterocycles. The molecule has 0 saturated heterocycles. The van der Waals surface area contributed by atoms with Crippen LogP contribution in [0.3, 0.4) is 0 Å². The summed E-state index contributed by atoms with van der Waals surface area (Å²) in [6, 6.07) is 8.69. The summed E-state index contributed by atoms with van der Waals surface area (Å²) in [4.78, 5) is 0.627. The van der Waals surface area contributed by atoms with Crippen molar-refractivity contribution in [1.29, 1.82) is 0 Å². The number of benzene rings is 1. The second kappa shape index (κ2) is 3.47. The van der Waals surface area contributed by atoms with Crippen molar-refractivity contribution >= 4 is 29.6 Å². The summed E-state index contributed by atoms with van der Waals surface area (Å²) in [5, 5.41) is 0. The first-order chi connectivity index (χ1) is 5.08. The third-order valence-electron chi connectivity index (χ3n) is 0.939. The van der Waals surface area contributed by atoms with Crippen LogP contribution in [0.5, 0.6) is 0 Å². The predicted octanol–water partition coefficient (Wildman–Crippen LogP) is 2.26. The molecule has 0 saturated carbocycles. The van der Waals surface area contributed by atoms with Gasteiger partial charge < -0.3 is 0 Å². The summed E-state index contributed by atoms with van der Waals surface area (Å²) < 4.78 is 21.1. The highest BCUT2D eigenvalue weighted by Gasteiger charge is 2.06. The molecule has 0 atom stereocenters. The Labute approximate surface area is 73.4 Å². The normalized spacial score (nSPS) is 11.4. The van der Waals surface area contributed by atoms with Crippen LogP contribution >= 0.6 is 21.5 Å². The highest BCUT2D eigenvalue weighted by molar-refractivity contribution is 8.80. The Balaban J connectivity index is 2.82. The van der Waals surface area contributed by atoms with E-state index < -0.39 is 8.08 Å². The van der Waals surface area contributed by atoms with Gasteiger partial charge in [-0.05, 0) is 12.1 Å². The molecule has 0 aliphatic carbocycles. The van der Waals surface area contributed by atoms with Gasteiger partial charge in [0.1, 0.15) is 0 Å². The summed E-state index contributed by atoms with van der Waals surface area (Å²) in [6.07, 6.45) is 0. The van der Waals surface area contributed by atoms with Crippen LogP contribution in [0.2, 0.25) is 0 Å². The Kier molecular flexibility index (Phi) is 2.81. The van der Waals surface area contributed by atoms with Crippen LogP contribution in [0.4, 0.5) is 0 Å². The van der Waals surface area contributed by atoms with E-state index >= 15 is 0 Å². The number of halogens is 1. The minimum absolute atomic E-state index is 0.627. The summed E-state index contributed by atoms with van der Waals surface area (Å²) in [6.45, 7) is 0. The lowest BCUT2D eigenvalue weighted by molar-refractivity contribution is 0.622. The molecule has 0 aromatic heterocycles. The van der Waals surface area contributed by atoms with Gasteiger partial charge in [-0.3, -0.25) is 0 Å². The summed E-state index contributed by atoms with van der Waals surface area (Å²) >= 11 is 0. The smallest absolute Gasteiger partial charge is 0.200 e. The van der Waals surface area contributed by atoms with Gasteiger partial charge in [0.2, 0.25) is 0 Å². The number of hydrogen-bond acceptors (Lipinski definition) is 3. The van der Waals surface area contributed by atoms with Gasteiger partial charge in [0.25, 0.3) is 8.08 Å². The van der Waals surface area contributed by atoms with Crippen LogP contribution in [0, 0.1) is 0 Å². The highest BCUT2D eigenvalue weighted by atomic mass is 35.8. The molecular weight excluding hydrogens is 204 g/mol. The first-order valence-electron chi connectivity index (χ1n) is 2.77. The molecule has 1 aromatic rings. The lowest BCUT2D eigenvalue weighted by Crippen LogP contribution is -1.78. The maximum Gasteiger partial charge on any atom is 0.289 e. The quantitative estimate of drug-likeness (QED) is 0.552. The molecule has 0 aliphatic heterocycles. The summed E-state index contributed by atoms with van der Waals surface area (Å²) in [5.41, 5.74) is 0. The largest absolute Gasteiger partial charge is 0.289 e. The second-order valence-electron chi connectivity index (χ2n) is 1.79. The average Bonchev–Trinajstić information content (AvgIpc) is 1.85. The van der Waals surface area contributed by atoms with Gasteiger partial charge in [-0.25, -0.2) is 8.42 Å². The Morgan fingerprint density at radius 3 is 2.18 bits per heavy atom. The molecule has 0 bridgehead atoms. The fourth-order valence-electron chi connectivity index (χ4n) is 0.591. The lowest BCUT2D eigenvalue weighted by atomic mass is 10.4. The minimum Gasteiger partial charge on any atom is -0.200 e. The van der Waals surface area contributed by atoms with E-state index in [1.165, 1.54) is 0 Å². The van der Waals surface area contributed by atoms with Crippen molar-refractivity contribution in [2.75, 3.05) is 0 Å². The van der Waals surface area contributed by atoms with Crippen LogP contribution in [-0.2, 0) is 8.08 Å². The van der Waals surface area contributed by atoms with Gasteiger partial charge in [0.05, 0.1) is 0 Å². The molecule has 0 aliphatic rings. The first-order valence-corrected chi connectivity index (χ1v) is 6.41. The molecule has 0 radical (unpaired) electrons. The average molecular weight is 209 g/mol. The molecule has 2 nitrogen and oxygen atoms in total. The molecule has 11 heavy (non-hydrogen) atoms. The van der Waals surface area contributed by atoms with Crippen molar-refractivity contribution in [2.45, 2.75) is 4.90 Å². The van der Waals surface area contributed by atoms with Crippen molar-refractivity contribution in [3.8, 4) is 0 Å². The molecule has 0 fully saturated rings. The molecule has 0 unspecified atom stereocenters. The zero-order valence-electron chi connectivity index (χ0n) is 5.40. The summed E-state index contributed by atoms with van der Waals surface area (Å²) in [5.74, 6) is 0. The van der Waals surface area contributed by atoms with E-state index in [0.717, 1.165) is 0 Å². The molecule has 1 aromatic carbocycles. The molecule has 0 amide bonds.